The zero-order valence-corrected chi connectivity index (χ0v) is 9.67. The van der Waals surface area contributed by atoms with E-state index in [1.165, 1.54) is 6.21 Å². The van der Waals surface area contributed by atoms with Crippen molar-refractivity contribution in [2.24, 2.45) is 11.8 Å². The Morgan fingerprint density at radius 2 is 2.00 bits per heavy atom. The summed E-state index contributed by atoms with van der Waals surface area (Å²) >= 11 is 0. The Labute approximate surface area is 93.8 Å². The number of aliphatic hydroxyl groups excluding tert-OH is 1. The standard InChI is InChI=1S/C11H19F3NO/c1-3-9-5-10(7-16)4-8(2)15(6-9)11(12,13)14/h6,8-10,16H,3-5,7H2,1-2H3/q+1/t8-,9+,10-/m1/s1. The molecule has 2 nitrogen and oxygen atoms in total. The predicted molar refractivity (Wildman–Crippen MR) is 55.4 cm³/mol. The molecule has 0 aliphatic carbocycles. The predicted octanol–water partition coefficient (Wildman–Crippen LogP) is 2.41. The molecule has 94 valence electrons. The molecule has 0 amide bonds. The molecule has 0 fully saturated rings. The first-order chi connectivity index (χ1) is 7.38. The van der Waals surface area contributed by atoms with Gasteiger partial charge in [0.25, 0.3) is 0 Å². The summed E-state index contributed by atoms with van der Waals surface area (Å²) in [6, 6.07) is -0.589. The van der Waals surface area contributed by atoms with E-state index in [1.54, 1.807) is 6.92 Å². The second-order valence-corrected chi connectivity index (χ2v) is 4.56. The van der Waals surface area contributed by atoms with E-state index in [4.69, 9.17) is 5.11 Å². The minimum Gasteiger partial charge on any atom is -0.396 e. The first-order valence-corrected chi connectivity index (χ1v) is 5.69. The third-order valence-corrected chi connectivity index (χ3v) is 3.23. The van der Waals surface area contributed by atoms with Gasteiger partial charge in [0.2, 0.25) is 0 Å². The molecule has 0 saturated heterocycles. The average Bonchev–Trinajstić information content (AvgIpc) is 2.36. The average molecular weight is 238 g/mol. The Bertz CT molecular complexity index is 262. The normalized spacial score (nSPS) is 32.1. The van der Waals surface area contributed by atoms with E-state index in [0.29, 0.717) is 23.8 Å². The quantitative estimate of drug-likeness (QED) is 0.579. The van der Waals surface area contributed by atoms with Gasteiger partial charge in [-0.25, -0.2) is 0 Å². The summed E-state index contributed by atoms with van der Waals surface area (Å²) in [6.45, 7) is 3.41. The van der Waals surface area contributed by atoms with E-state index in [1.807, 2.05) is 6.92 Å². The van der Waals surface area contributed by atoms with Crippen LogP contribution in [0.25, 0.3) is 0 Å². The first-order valence-electron chi connectivity index (χ1n) is 5.69. The third kappa shape index (κ3) is 3.20. The molecular formula is C11H19F3NO+. The summed E-state index contributed by atoms with van der Waals surface area (Å²) in [5.74, 6) is -0.118. The largest absolute Gasteiger partial charge is 0.632 e. The molecule has 0 unspecified atom stereocenters. The van der Waals surface area contributed by atoms with Crippen LogP contribution in [0.3, 0.4) is 0 Å². The van der Waals surface area contributed by atoms with Crippen molar-refractivity contribution in [1.29, 1.82) is 0 Å². The van der Waals surface area contributed by atoms with Gasteiger partial charge in [0.15, 0.2) is 12.3 Å². The molecule has 1 heterocycles. The molecular weight excluding hydrogens is 219 g/mol. The Morgan fingerprint density at radius 3 is 2.44 bits per heavy atom. The van der Waals surface area contributed by atoms with E-state index in [-0.39, 0.29) is 18.4 Å². The third-order valence-electron chi connectivity index (χ3n) is 3.23. The second kappa shape index (κ2) is 5.17. The van der Waals surface area contributed by atoms with Crippen LogP contribution in [0.4, 0.5) is 13.2 Å². The van der Waals surface area contributed by atoms with Crippen molar-refractivity contribution in [3.63, 3.8) is 0 Å². The van der Waals surface area contributed by atoms with E-state index >= 15 is 0 Å². The fourth-order valence-corrected chi connectivity index (χ4v) is 2.31. The molecule has 5 heteroatoms. The summed E-state index contributed by atoms with van der Waals surface area (Å²) < 4.78 is 38.7. The van der Waals surface area contributed by atoms with Crippen LogP contribution in [0, 0.1) is 11.8 Å². The van der Waals surface area contributed by atoms with Crippen molar-refractivity contribution in [1.82, 2.24) is 0 Å². The Morgan fingerprint density at radius 1 is 1.38 bits per heavy atom. The smallest absolute Gasteiger partial charge is 0.396 e. The highest BCUT2D eigenvalue weighted by molar-refractivity contribution is 5.55. The van der Waals surface area contributed by atoms with Crippen molar-refractivity contribution < 1.29 is 22.9 Å². The highest BCUT2D eigenvalue weighted by Gasteiger charge is 2.48. The molecule has 0 aromatic carbocycles. The molecule has 0 spiro atoms. The van der Waals surface area contributed by atoms with Crippen LogP contribution in [0.5, 0.6) is 0 Å². The van der Waals surface area contributed by atoms with Crippen LogP contribution in [0.2, 0.25) is 0 Å². The molecule has 0 saturated carbocycles. The maximum absolute atomic E-state index is 12.7. The summed E-state index contributed by atoms with van der Waals surface area (Å²) in [4.78, 5) is 0. The summed E-state index contributed by atoms with van der Waals surface area (Å²) in [5, 5.41) is 9.12. The first kappa shape index (κ1) is 13.5. The van der Waals surface area contributed by atoms with Crippen LogP contribution in [-0.4, -0.2) is 34.8 Å². The van der Waals surface area contributed by atoms with Gasteiger partial charge in [-0.3, -0.25) is 0 Å². The molecule has 0 aromatic heterocycles. The molecule has 0 bridgehead atoms. The Kier molecular flexibility index (Phi) is 4.35. The van der Waals surface area contributed by atoms with Crippen molar-refractivity contribution >= 4 is 6.21 Å². The fourth-order valence-electron chi connectivity index (χ4n) is 2.31. The highest BCUT2D eigenvalue weighted by atomic mass is 19.4. The summed E-state index contributed by atoms with van der Waals surface area (Å²) in [6.07, 6.45) is -1.31. The zero-order valence-electron chi connectivity index (χ0n) is 9.67. The van der Waals surface area contributed by atoms with E-state index in [0.717, 1.165) is 0 Å². The van der Waals surface area contributed by atoms with Crippen LogP contribution in [0.15, 0.2) is 0 Å². The van der Waals surface area contributed by atoms with Gasteiger partial charge in [-0.05, 0) is 25.7 Å². The topological polar surface area (TPSA) is 23.2 Å². The maximum atomic E-state index is 12.7. The highest BCUT2D eigenvalue weighted by Crippen LogP contribution is 2.28. The molecule has 16 heavy (non-hydrogen) atoms. The molecule has 0 aromatic rings. The van der Waals surface area contributed by atoms with Gasteiger partial charge in [0, 0.05) is 18.9 Å². The van der Waals surface area contributed by atoms with Crippen LogP contribution < -0.4 is 0 Å². The number of aliphatic hydroxyl groups is 1. The summed E-state index contributed by atoms with van der Waals surface area (Å²) in [5.41, 5.74) is 0. The molecule has 3 atom stereocenters. The van der Waals surface area contributed by atoms with Gasteiger partial charge in [-0.2, -0.15) is 0 Å². The lowest BCUT2D eigenvalue weighted by Crippen LogP contribution is -2.37. The lowest BCUT2D eigenvalue weighted by atomic mass is 9.91. The molecule has 1 rings (SSSR count). The van der Waals surface area contributed by atoms with Crippen LogP contribution in [-0.2, 0) is 0 Å². The number of hydrogen-bond acceptors (Lipinski definition) is 1. The minimum absolute atomic E-state index is 0.0245. The van der Waals surface area contributed by atoms with Gasteiger partial charge in [-0.1, -0.05) is 6.92 Å². The van der Waals surface area contributed by atoms with Crippen LogP contribution in [0.1, 0.15) is 33.1 Å². The molecule has 0 radical (unpaired) electrons. The second-order valence-electron chi connectivity index (χ2n) is 4.56. The number of nitrogens with zero attached hydrogens (tertiary/aromatic N) is 1. The van der Waals surface area contributed by atoms with Crippen LogP contribution >= 0.6 is 0 Å². The van der Waals surface area contributed by atoms with Crippen molar-refractivity contribution in [3.05, 3.63) is 0 Å². The van der Waals surface area contributed by atoms with Gasteiger partial charge >= 0.3 is 6.30 Å². The molecule has 1 N–H and O–H groups in total. The maximum Gasteiger partial charge on any atom is 0.632 e. The van der Waals surface area contributed by atoms with Gasteiger partial charge < -0.3 is 5.11 Å². The number of rotatable bonds is 2. The lowest BCUT2D eigenvalue weighted by molar-refractivity contribution is -0.732. The minimum atomic E-state index is -4.31. The Balaban J connectivity index is 2.93. The van der Waals surface area contributed by atoms with Crippen molar-refractivity contribution in [3.8, 4) is 0 Å². The lowest BCUT2D eigenvalue weighted by Gasteiger charge is -2.15. The van der Waals surface area contributed by atoms with Crippen molar-refractivity contribution in [2.75, 3.05) is 6.61 Å². The monoisotopic (exact) mass is 238 g/mol. The fraction of sp³-hybridized carbons (Fsp3) is 0.909. The number of alkyl halides is 3. The van der Waals surface area contributed by atoms with Gasteiger partial charge in [0.1, 0.15) is 0 Å². The van der Waals surface area contributed by atoms with Gasteiger partial charge in [-0.15, -0.1) is 17.7 Å². The Hall–Kier alpha value is -0.580. The van der Waals surface area contributed by atoms with E-state index in [2.05, 4.69) is 0 Å². The molecule has 1 aliphatic heterocycles. The summed E-state index contributed by atoms with van der Waals surface area (Å²) in [7, 11) is 0. The number of hydrogen-bond donors (Lipinski definition) is 1. The van der Waals surface area contributed by atoms with E-state index < -0.39 is 12.3 Å². The number of halogens is 3. The zero-order chi connectivity index (χ0) is 12.3. The van der Waals surface area contributed by atoms with E-state index in [9.17, 15) is 13.2 Å². The van der Waals surface area contributed by atoms with Crippen molar-refractivity contribution in [2.45, 2.75) is 45.5 Å². The van der Waals surface area contributed by atoms with Gasteiger partial charge in [0.05, 0.1) is 0 Å². The molecule has 1 aliphatic rings. The SMILES string of the molecule is CC[C@@H]1C=[N+](C(F)(F)F)[C@H](C)C[C@@H](CO)C1.